The third kappa shape index (κ3) is 14.4. The molecule has 0 saturated heterocycles. The summed E-state index contributed by atoms with van der Waals surface area (Å²) in [6.45, 7) is 11.0. The number of hydrogen-bond acceptors (Lipinski definition) is 0. The molecule has 0 aromatic rings. The normalized spacial score (nSPS) is 14.4. The fourth-order valence-corrected chi connectivity index (χ4v) is 2.84. The van der Waals surface area contributed by atoms with Crippen molar-refractivity contribution in [1.82, 2.24) is 0 Å². The van der Waals surface area contributed by atoms with Gasteiger partial charge in [0.15, 0.2) is 0 Å². The smallest absolute Gasteiger partial charge is 0.0357 e. The van der Waals surface area contributed by atoms with Gasteiger partial charge < -0.3 is 0 Å². The van der Waals surface area contributed by atoms with Gasteiger partial charge in [0.05, 0.1) is 0 Å². The molecule has 2 atom stereocenters. The Balaban J connectivity index is 3.30. The van der Waals surface area contributed by atoms with Gasteiger partial charge in [0.25, 0.3) is 0 Å². The number of hydrogen-bond donors (Lipinski definition) is 0. The lowest BCUT2D eigenvalue weighted by Gasteiger charge is -2.14. The highest BCUT2D eigenvalue weighted by molar-refractivity contribution is 4.73. The van der Waals surface area contributed by atoms with Crippen LogP contribution in [-0.4, -0.2) is 0 Å². The number of rotatable bonds is 15. The van der Waals surface area contributed by atoms with Gasteiger partial charge in [0.2, 0.25) is 0 Å². The van der Waals surface area contributed by atoms with E-state index in [4.69, 9.17) is 0 Å². The van der Waals surface area contributed by atoms with Crippen LogP contribution in [0.25, 0.3) is 0 Å². The summed E-state index contributed by atoms with van der Waals surface area (Å²) in [5, 5.41) is 0. The van der Waals surface area contributed by atoms with Crippen molar-refractivity contribution < 1.29 is 0 Å². The van der Waals surface area contributed by atoms with Gasteiger partial charge in [0.1, 0.15) is 0 Å². The van der Waals surface area contributed by atoms with Crippen molar-refractivity contribution in [1.29, 1.82) is 0 Å². The average molecular weight is 281 g/mol. The molecule has 0 spiro atoms. The summed E-state index contributed by atoms with van der Waals surface area (Å²) in [5.41, 5.74) is 0. The van der Waals surface area contributed by atoms with E-state index in [9.17, 15) is 0 Å². The van der Waals surface area contributed by atoms with Crippen molar-refractivity contribution in [2.24, 2.45) is 11.8 Å². The van der Waals surface area contributed by atoms with Crippen LogP contribution in [0.5, 0.6) is 0 Å². The van der Waals surface area contributed by atoms with Crippen molar-refractivity contribution in [2.75, 3.05) is 0 Å². The summed E-state index contributed by atoms with van der Waals surface area (Å²) in [6, 6.07) is 0. The SMILES string of the molecule is [CH2]CCCCCC(C)[CH]CCC(C)CCCCCCC. The summed E-state index contributed by atoms with van der Waals surface area (Å²) < 4.78 is 0. The largest absolute Gasteiger partial charge is 0.0654 e. The Morgan fingerprint density at radius 3 is 2.15 bits per heavy atom. The van der Waals surface area contributed by atoms with Crippen molar-refractivity contribution in [2.45, 2.75) is 104 Å². The fourth-order valence-electron chi connectivity index (χ4n) is 2.84. The summed E-state index contributed by atoms with van der Waals surface area (Å²) in [6.07, 6.45) is 20.4. The maximum Gasteiger partial charge on any atom is -0.0357 e. The van der Waals surface area contributed by atoms with Crippen LogP contribution in [0.4, 0.5) is 0 Å². The second-order valence-electron chi connectivity index (χ2n) is 6.80. The first kappa shape index (κ1) is 20.0. The van der Waals surface area contributed by atoms with Gasteiger partial charge in [-0.2, -0.15) is 0 Å². The van der Waals surface area contributed by atoms with E-state index < -0.39 is 0 Å². The molecule has 0 bridgehead atoms. The van der Waals surface area contributed by atoms with Gasteiger partial charge in [-0.25, -0.2) is 0 Å². The van der Waals surface area contributed by atoms with E-state index in [1.54, 1.807) is 0 Å². The van der Waals surface area contributed by atoms with E-state index in [0.29, 0.717) is 0 Å². The zero-order valence-electron chi connectivity index (χ0n) is 14.6. The second kappa shape index (κ2) is 15.4. The van der Waals surface area contributed by atoms with E-state index in [-0.39, 0.29) is 0 Å². The molecular weight excluding hydrogens is 240 g/mol. The highest BCUT2D eigenvalue weighted by Gasteiger charge is 2.06. The van der Waals surface area contributed by atoms with E-state index in [0.717, 1.165) is 18.3 Å². The van der Waals surface area contributed by atoms with E-state index in [1.807, 2.05) is 0 Å². The van der Waals surface area contributed by atoms with Crippen LogP contribution in [0, 0.1) is 25.2 Å². The quantitative estimate of drug-likeness (QED) is 0.274. The molecular formula is C20H40. The Bertz CT molecular complexity index is 173. The molecule has 0 heterocycles. The van der Waals surface area contributed by atoms with Crippen molar-refractivity contribution in [3.05, 3.63) is 13.3 Å². The molecule has 0 fully saturated rings. The van der Waals surface area contributed by atoms with Crippen LogP contribution in [0.2, 0.25) is 0 Å². The minimum Gasteiger partial charge on any atom is -0.0654 e. The van der Waals surface area contributed by atoms with Gasteiger partial charge in [-0.05, 0) is 24.7 Å². The molecule has 0 N–H and O–H groups in total. The van der Waals surface area contributed by atoms with Crippen molar-refractivity contribution in [3.8, 4) is 0 Å². The zero-order chi connectivity index (χ0) is 15.1. The maximum absolute atomic E-state index is 3.90. The third-order valence-electron chi connectivity index (χ3n) is 4.44. The van der Waals surface area contributed by atoms with E-state index in [2.05, 4.69) is 34.1 Å². The van der Waals surface area contributed by atoms with Gasteiger partial charge in [-0.15, -0.1) is 0 Å². The summed E-state index contributed by atoms with van der Waals surface area (Å²) >= 11 is 0. The summed E-state index contributed by atoms with van der Waals surface area (Å²) in [4.78, 5) is 0. The lowest BCUT2D eigenvalue weighted by atomic mass is 9.92. The first-order valence-corrected chi connectivity index (χ1v) is 9.33. The molecule has 0 amide bonds. The Kier molecular flexibility index (Phi) is 15.4. The minimum absolute atomic E-state index is 0.816. The molecule has 0 aromatic carbocycles. The Labute approximate surface area is 130 Å². The van der Waals surface area contributed by atoms with E-state index in [1.165, 1.54) is 77.0 Å². The molecule has 2 unspecified atom stereocenters. The molecule has 2 radical (unpaired) electrons. The van der Waals surface area contributed by atoms with Crippen molar-refractivity contribution >= 4 is 0 Å². The predicted octanol–water partition coefficient (Wildman–Crippen LogP) is 7.39. The highest BCUT2D eigenvalue weighted by Crippen LogP contribution is 2.20. The topological polar surface area (TPSA) is 0 Å². The molecule has 0 rings (SSSR count). The van der Waals surface area contributed by atoms with Crippen LogP contribution < -0.4 is 0 Å². The molecule has 0 aliphatic heterocycles. The van der Waals surface area contributed by atoms with Crippen LogP contribution >= 0.6 is 0 Å². The summed E-state index contributed by atoms with van der Waals surface area (Å²) in [7, 11) is 0. The summed E-state index contributed by atoms with van der Waals surface area (Å²) in [5.74, 6) is 1.74. The predicted molar refractivity (Wildman–Crippen MR) is 93.7 cm³/mol. The molecule has 0 aromatic heterocycles. The first-order valence-electron chi connectivity index (χ1n) is 9.33. The maximum atomic E-state index is 3.90. The van der Waals surface area contributed by atoms with Crippen LogP contribution in [0.3, 0.4) is 0 Å². The Hall–Kier alpha value is 0. The molecule has 0 aliphatic carbocycles. The van der Waals surface area contributed by atoms with Gasteiger partial charge >= 0.3 is 0 Å². The van der Waals surface area contributed by atoms with Crippen LogP contribution in [-0.2, 0) is 0 Å². The molecule has 120 valence electrons. The van der Waals surface area contributed by atoms with Gasteiger partial charge in [-0.3, -0.25) is 0 Å². The lowest BCUT2D eigenvalue weighted by molar-refractivity contribution is 0.439. The zero-order valence-corrected chi connectivity index (χ0v) is 14.6. The standard InChI is InChI=1S/C20H40/c1-5-7-9-11-13-16-20(4)18-14-17-19(3)15-12-10-8-6-2/h17,19-20H,2,5-16,18H2,1,3-4H3. The highest BCUT2D eigenvalue weighted by atomic mass is 14.1. The Morgan fingerprint density at radius 1 is 0.800 bits per heavy atom. The molecule has 20 heavy (non-hydrogen) atoms. The third-order valence-corrected chi connectivity index (χ3v) is 4.44. The van der Waals surface area contributed by atoms with Gasteiger partial charge in [-0.1, -0.05) is 105 Å². The fraction of sp³-hybridized carbons (Fsp3) is 0.900. The average Bonchev–Trinajstić information content (AvgIpc) is 2.43. The van der Waals surface area contributed by atoms with Crippen molar-refractivity contribution in [3.63, 3.8) is 0 Å². The molecule has 0 saturated carbocycles. The molecule has 0 aliphatic rings. The lowest BCUT2D eigenvalue weighted by Crippen LogP contribution is -2.00. The first-order chi connectivity index (χ1) is 9.70. The molecule has 0 nitrogen and oxygen atoms in total. The minimum atomic E-state index is 0.816. The van der Waals surface area contributed by atoms with Crippen LogP contribution in [0.1, 0.15) is 104 Å². The monoisotopic (exact) mass is 280 g/mol. The Morgan fingerprint density at radius 2 is 1.45 bits per heavy atom. The van der Waals surface area contributed by atoms with Gasteiger partial charge in [0, 0.05) is 0 Å². The second-order valence-corrected chi connectivity index (χ2v) is 6.80. The van der Waals surface area contributed by atoms with Crippen LogP contribution in [0.15, 0.2) is 0 Å². The molecule has 0 heteroatoms. The van der Waals surface area contributed by atoms with E-state index >= 15 is 0 Å². The number of unbranched alkanes of at least 4 members (excludes halogenated alkanes) is 7.